The first-order valence-corrected chi connectivity index (χ1v) is 7.66. The molecule has 0 aliphatic heterocycles. The number of likely N-dealkylation sites (N-methyl/N-ethyl adjacent to an activating group) is 1. The van der Waals surface area contributed by atoms with Crippen LogP contribution in [0.3, 0.4) is 0 Å². The van der Waals surface area contributed by atoms with Crippen LogP contribution < -0.4 is 15.8 Å². The van der Waals surface area contributed by atoms with Crippen molar-refractivity contribution in [3.63, 3.8) is 0 Å². The summed E-state index contributed by atoms with van der Waals surface area (Å²) in [5, 5.41) is 2.85. The molecule has 8 heteroatoms. The van der Waals surface area contributed by atoms with Crippen molar-refractivity contribution in [2.75, 3.05) is 26.0 Å². The number of halogens is 3. The summed E-state index contributed by atoms with van der Waals surface area (Å²) in [4.78, 5) is 6.40. The molecule has 1 unspecified atom stereocenters. The van der Waals surface area contributed by atoms with Crippen LogP contribution in [0.4, 0.5) is 18.9 Å². The van der Waals surface area contributed by atoms with Crippen LogP contribution in [0.2, 0.25) is 0 Å². The van der Waals surface area contributed by atoms with Crippen LogP contribution in [0.1, 0.15) is 20.3 Å². The molecular formula is C16H25F3N4O. The first kappa shape index (κ1) is 20.1. The average molecular weight is 346 g/mol. The molecule has 3 N–H and O–H groups in total. The van der Waals surface area contributed by atoms with Gasteiger partial charge in [-0.2, -0.15) is 0 Å². The Bertz CT molecular complexity index is 527. The van der Waals surface area contributed by atoms with Crippen molar-refractivity contribution in [3.8, 4) is 5.75 Å². The number of hydrogen-bond donors (Lipinski definition) is 2. The number of hydrogen-bond acceptors (Lipinski definition) is 3. The SMILES string of the molecule is CC(C)CC(CN=C(N)Nc1ccc(OC(F)(F)F)cc1)N(C)C. The van der Waals surface area contributed by atoms with Crippen LogP contribution >= 0.6 is 0 Å². The smallest absolute Gasteiger partial charge is 0.406 e. The molecule has 0 aliphatic rings. The summed E-state index contributed by atoms with van der Waals surface area (Å²) < 4.78 is 40.1. The highest BCUT2D eigenvalue weighted by Crippen LogP contribution is 2.23. The van der Waals surface area contributed by atoms with Crippen molar-refractivity contribution in [1.29, 1.82) is 0 Å². The summed E-state index contributed by atoms with van der Waals surface area (Å²) >= 11 is 0. The third-order valence-corrected chi connectivity index (χ3v) is 3.31. The molecule has 1 aromatic carbocycles. The normalized spacial score (nSPS) is 14.1. The maximum absolute atomic E-state index is 12.1. The molecule has 0 bridgehead atoms. The van der Waals surface area contributed by atoms with Crippen LogP contribution in [0.25, 0.3) is 0 Å². The molecule has 0 saturated carbocycles. The molecule has 0 saturated heterocycles. The topological polar surface area (TPSA) is 62.9 Å². The minimum absolute atomic E-state index is 0.218. The largest absolute Gasteiger partial charge is 0.573 e. The summed E-state index contributed by atoms with van der Waals surface area (Å²) in [5.41, 5.74) is 6.37. The number of benzene rings is 1. The van der Waals surface area contributed by atoms with Gasteiger partial charge in [0.2, 0.25) is 0 Å². The van der Waals surface area contributed by atoms with E-state index in [1.807, 2.05) is 14.1 Å². The third-order valence-electron chi connectivity index (χ3n) is 3.31. The quantitative estimate of drug-likeness (QED) is 0.587. The van der Waals surface area contributed by atoms with E-state index in [1.54, 1.807) is 0 Å². The van der Waals surface area contributed by atoms with Gasteiger partial charge in [-0.15, -0.1) is 13.2 Å². The fraction of sp³-hybridized carbons (Fsp3) is 0.562. The van der Waals surface area contributed by atoms with Crippen molar-refractivity contribution < 1.29 is 17.9 Å². The fourth-order valence-corrected chi connectivity index (χ4v) is 2.12. The van der Waals surface area contributed by atoms with E-state index < -0.39 is 6.36 Å². The molecule has 0 aliphatic carbocycles. The Balaban J connectivity index is 2.61. The van der Waals surface area contributed by atoms with Gasteiger partial charge in [0.1, 0.15) is 5.75 Å². The second kappa shape index (κ2) is 8.77. The van der Waals surface area contributed by atoms with Gasteiger partial charge in [0.05, 0.1) is 6.54 Å². The lowest BCUT2D eigenvalue weighted by molar-refractivity contribution is -0.274. The number of rotatable bonds is 7. The average Bonchev–Trinajstić information content (AvgIpc) is 2.43. The van der Waals surface area contributed by atoms with E-state index in [9.17, 15) is 13.2 Å². The molecule has 1 aromatic rings. The molecule has 0 spiro atoms. The zero-order valence-electron chi connectivity index (χ0n) is 14.4. The Morgan fingerprint density at radius 2 is 1.83 bits per heavy atom. The summed E-state index contributed by atoms with van der Waals surface area (Å²) in [6, 6.07) is 5.59. The molecule has 0 fully saturated rings. The van der Waals surface area contributed by atoms with Gasteiger partial charge in [0.15, 0.2) is 5.96 Å². The molecule has 0 radical (unpaired) electrons. The lowest BCUT2D eigenvalue weighted by atomic mass is 10.0. The monoisotopic (exact) mass is 346 g/mol. The number of nitrogens with zero attached hydrogens (tertiary/aromatic N) is 2. The third kappa shape index (κ3) is 8.05. The van der Waals surface area contributed by atoms with Crippen molar-refractivity contribution in [1.82, 2.24) is 4.90 Å². The predicted molar refractivity (Wildman–Crippen MR) is 90.2 cm³/mol. The first-order chi connectivity index (χ1) is 11.1. The molecule has 1 atom stereocenters. The van der Waals surface area contributed by atoms with Crippen molar-refractivity contribution in [3.05, 3.63) is 24.3 Å². The van der Waals surface area contributed by atoms with Gasteiger partial charge in [-0.25, -0.2) is 0 Å². The molecule has 5 nitrogen and oxygen atoms in total. The number of nitrogens with two attached hydrogens (primary N) is 1. The number of anilines is 1. The van der Waals surface area contributed by atoms with Gasteiger partial charge in [-0.05, 0) is 50.7 Å². The Hall–Kier alpha value is -1.96. The maximum atomic E-state index is 12.1. The number of guanidine groups is 1. The van der Waals surface area contributed by atoms with E-state index in [-0.39, 0.29) is 17.8 Å². The fourth-order valence-electron chi connectivity index (χ4n) is 2.12. The highest BCUT2D eigenvalue weighted by atomic mass is 19.4. The maximum Gasteiger partial charge on any atom is 0.573 e. The molecule has 0 aromatic heterocycles. The molecule has 0 heterocycles. The number of aliphatic imine (C=N–C) groups is 1. The molecule has 1 rings (SSSR count). The minimum Gasteiger partial charge on any atom is -0.406 e. The van der Waals surface area contributed by atoms with Crippen LogP contribution in [-0.2, 0) is 0 Å². The zero-order chi connectivity index (χ0) is 18.3. The summed E-state index contributed by atoms with van der Waals surface area (Å²) in [5.74, 6) is 0.478. The van der Waals surface area contributed by atoms with Gasteiger partial charge in [0, 0.05) is 11.7 Å². The van der Waals surface area contributed by atoms with Crippen LogP contribution in [0, 0.1) is 5.92 Å². The van der Waals surface area contributed by atoms with E-state index in [2.05, 4.69) is 33.8 Å². The molecular weight excluding hydrogens is 321 g/mol. The van der Waals surface area contributed by atoms with E-state index in [0.717, 1.165) is 6.42 Å². The number of nitrogens with one attached hydrogen (secondary N) is 1. The summed E-state index contributed by atoms with van der Waals surface area (Å²) in [6.45, 7) is 4.83. The second-order valence-electron chi connectivity index (χ2n) is 6.17. The molecule has 24 heavy (non-hydrogen) atoms. The van der Waals surface area contributed by atoms with Gasteiger partial charge < -0.3 is 20.7 Å². The Kier molecular flexibility index (Phi) is 7.34. The van der Waals surface area contributed by atoms with Crippen LogP contribution in [-0.4, -0.2) is 43.9 Å². The van der Waals surface area contributed by atoms with E-state index in [4.69, 9.17) is 5.73 Å². The molecule has 0 amide bonds. The lowest BCUT2D eigenvalue weighted by Crippen LogP contribution is -2.34. The van der Waals surface area contributed by atoms with E-state index >= 15 is 0 Å². The number of alkyl halides is 3. The van der Waals surface area contributed by atoms with Gasteiger partial charge in [-0.1, -0.05) is 13.8 Å². The second-order valence-corrected chi connectivity index (χ2v) is 6.17. The van der Waals surface area contributed by atoms with E-state index in [0.29, 0.717) is 18.2 Å². The Labute approximate surface area is 140 Å². The summed E-state index contributed by atoms with van der Waals surface area (Å²) in [6.07, 6.45) is -3.71. The highest BCUT2D eigenvalue weighted by molar-refractivity contribution is 5.92. The van der Waals surface area contributed by atoms with Crippen molar-refractivity contribution in [2.24, 2.45) is 16.6 Å². The van der Waals surface area contributed by atoms with Gasteiger partial charge >= 0.3 is 6.36 Å². The van der Waals surface area contributed by atoms with Crippen LogP contribution in [0.5, 0.6) is 5.75 Å². The van der Waals surface area contributed by atoms with E-state index in [1.165, 1.54) is 24.3 Å². The predicted octanol–water partition coefficient (Wildman–Crippen LogP) is 3.29. The van der Waals surface area contributed by atoms with Crippen LogP contribution in [0.15, 0.2) is 29.3 Å². The number of ether oxygens (including phenoxy) is 1. The lowest BCUT2D eigenvalue weighted by Gasteiger charge is -2.24. The zero-order valence-corrected chi connectivity index (χ0v) is 14.4. The molecule has 136 valence electrons. The Morgan fingerprint density at radius 1 is 1.25 bits per heavy atom. The van der Waals surface area contributed by atoms with Crippen molar-refractivity contribution in [2.45, 2.75) is 32.7 Å². The highest BCUT2D eigenvalue weighted by Gasteiger charge is 2.30. The Morgan fingerprint density at radius 3 is 2.29 bits per heavy atom. The summed E-state index contributed by atoms with van der Waals surface area (Å²) in [7, 11) is 3.98. The first-order valence-electron chi connectivity index (χ1n) is 7.66. The van der Waals surface area contributed by atoms with Gasteiger partial charge in [0.25, 0.3) is 0 Å². The standard InChI is InChI=1S/C16H25F3N4O/c1-11(2)9-13(23(3)4)10-21-15(20)22-12-5-7-14(8-6-12)24-16(17,18)19/h5-8,11,13H,9-10H2,1-4H3,(H3,20,21,22). The van der Waals surface area contributed by atoms with Crippen molar-refractivity contribution >= 4 is 11.6 Å². The minimum atomic E-state index is -4.70. The van der Waals surface area contributed by atoms with Gasteiger partial charge in [-0.3, -0.25) is 4.99 Å².